The van der Waals surface area contributed by atoms with Crippen LogP contribution in [0.5, 0.6) is 11.5 Å². The van der Waals surface area contributed by atoms with Gasteiger partial charge in [0, 0.05) is 19.5 Å². The van der Waals surface area contributed by atoms with Crippen LogP contribution in [-0.2, 0) is 6.54 Å². The predicted molar refractivity (Wildman–Crippen MR) is 85.1 cm³/mol. The Labute approximate surface area is 126 Å². The van der Waals surface area contributed by atoms with Gasteiger partial charge in [-0.05, 0) is 24.6 Å². The smallest absolute Gasteiger partial charge is 0.191 e. The fraction of sp³-hybridized carbons (Fsp3) is 0.438. The Kier molecular flexibility index (Phi) is 5.94. The molecule has 0 fully saturated rings. The van der Waals surface area contributed by atoms with Crippen molar-refractivity contribution in [1.29, 1.82) is 0 Å². The van der Waals surface area contributed by atoms with E-state index in [9.17, 15) is 0 Å². The van der Waals surface area contributed by atoms with E-state index in [0.717, 1.165) is 36.0 Å². The molecule has 1 aliphatic rings. The second-order valence-corrected chi connectivity index (χ2v) is 4.70. The zero-order chi connectivity index (χ0) is 14.9. The first-order chi connectivity index (χ1) is 10.3. The first-order valence-electron chi connectivity index (χ1n) is 7.35. The number of benzene rings is 1. The minimum absolute atomic E-state index is 0.586. The molecule has 21 heavy (non-hydrogen) atoms. The number of ether oxygens (including phenoxy) is 2. The molecule has 0 atom stereocenters. The molecule has 1 aromatic carbocycles. The van der Waals surface area contributed by atoms with Gasteiger partial charge in [0.25, 0.3) is 0 Å². The summed E-state index contributed by atoms with van der Waals surface area (Å²) in [6.07, 6.45) is 2.72. The average Bonchev–Trinajstić information content (AvgIpc) is 2.74. The van der Waals surface area contributed by atoms with Crippen molar-refractivity contribution in [1.82, 2.24) is 10.6 Å². The lowest BCUT2D eigenvalue weighted by atomic mass is 10.2. The Morgan fingerprint density at radius 3 is 2.86 bits per heavy atom. The number of nitrogens with zero attached hydrogens (tertiary/aromatic N) is 1. The summed E-state index contributed by atoms with van der Waals surface area (Å²) in [4.78, 5) is 4.54. The van der Waals surface area contributed by atoms with Gasteiger partial charge in [0.2, 0.25) is 0 Å². The molecule has 2 N–H and O–H groups in total. The van der Waals surface area contributed by atoms with Gasteiger partial charge in [0.05, 0.1) is 19.8 Å². The number of fused-ring (bicyclic) bond motifs is 1. The van der Waals surface area contributed by atoms with Crippen molar-refractivity contribution < 1.29 is 9.47 Å². The Bertz CT molecular complexity index is 500. The second kappa shape index (κ2) is 8.19. The maximum atomic E-state index is 5.69. The third-order valence-corrected chi connectivity index (χ3v) is 2.99. The van der Waals surface area contributed by atoms with Crippen LogP contribution in [0.25, 0.3) is 0 Å². The molecule has 0 unspecified atom stereocenters. The van der Waals surface area contributed by atoms with E-state index in [-0.39, 0.29) is 0 Å². The van der Waals surface area contributed by atoms with E-state index in [1.165, 1.54) is 0 Å². The van der Waals surface area contributed by atoms with Crippen LogP contribution in [0, 0.1) is 0 Å². The maximum Gasteiger partial charge on any atom is 0.191 e. The lowest BCUT2D eigenvalue weighted by molar-refractivity contribution is 0.297. The van der Waals surface area contributed by atoms with E-state index in [1.807, 2.05) is 25.1 Å². The SMILES string of the molecule is C=CCNC(=NCc1ccc2c(c1)OCCCO2)NCC. The molecule has 2 rings (SSSR count). The van der Waals surface area contributed by atoms with Crippen LogP contribution in [0.4, 0.5) is 0 Å². The molecule has 5 nitrogen and oxygen atoms in total. The van der Waals surface area contributed by atoms with Crippen LogP contribution >= 0.6 is 0 Å². The zero-order valence-corrected chi connectivity index (χ0v) is 12.5. The van der Waals surface area contributed by atoms with E-state index in [4.69, 9.17) is 9.47 Å². The van der Waals surface area contributed by atoms with Gasteiger partial charge in [0.1, 0.15) is 0 Å². The lowest BCUT2D eigenvalue weighted by Gasteiger charge is -2.11. The van der Waals surface area contributed by atoms with E-state index in [0.29, 0.717) is 26.3 Å². The van der Waals surface area contributed by atoms with Crippen molar-refractivity contribution >= 4 is 5.96 Å². The highest BCUT2D eigenvalue weighted by atomic mass is 16.5. The van der Waals surface area contributed by atoms with Gasteiger partial charge in [-0.25, -0.2) is 4.99 Å². The molecule has 0 aliphatic carbocycles. The van der Waals surface area contributed by atoms with E-state index in [2.05, 4.69) is 22.2 Å². The molecule has 114 valence electrons. The highest BCUT2D eigenvalue weighted by molar-refractivity contribution is 5.79. The van der Waals surface area contributed by atoms with Crippen LogP contribution < -0.4 is 20.1 Å². The van der Waals surface area contributed by atoms with Crippen molar-refractivity contribution in [2.75, 3.05) is 26.3 Å². The third-order valence-electron chi connectivity index (χ3n) is 2.99. The predicted octanol–water partition coefficient (Wildman–Crippen LogP) is 2.09. The van der Waals surface area contributed by atoms with Gasteiger partial charge in [0.15, 0.2) is 17.5 Å². The molecule has 0 spiro atoms. The van der Waals surface area contributed by atoms with Crippen molar-refractivity contribution in [2.45, 2.75) is 19.9 Å². The summed E-state index contributed by atoms with van der Waals surface area (Å²) in [6, 6.07) is 5.98. The number of aliphatic imine (C=N–C) groups is 1. The van der Waals surface area contributed by atoms with Crippen molar-refractivity contribution in [3.05, 3.63) is 36.4 Å². The molecular formula is C16H23N3O2. The van der Waals surface area contributed by atoms with Crippen molar-refractivity contribution in [2.24, 2.45) is 4.99 Å². The molecule has 5 heteroatoms. The van der Waals surface area contributed by atoms with Crippen LogP contribution in [0.1, 0.15) is 18.9 Å². The molecule has 1 heterocycles. The second-order valence-electron chi connectivity index (χ2n) is 4.70. The minimum atomic E-state index is 0.586. The summed E-state index contributed by atoms with van der Waals surface area (Å²) < 4.78 is 11.3. The van der Waals surface area contributed by atoms with Crippen molar-refractivity contribution in [3.63, 3.8) is 0 Å². The van der Waals surface area contributed by atoms with Crippen LogP contribution in [-0.4, -0.2) is 32.3 Å². The standard InChI is InChI=1S/C16H23N3O2/c1-3-8-18-16(17-4-2)19-12-13-6-7-14-15(11-13)21-10-5-9-20-14/h3,6-7,11H,1,4-5,8-10,12H2,2H3,(H2,17,18,19). The monoisotopic (exact) mass is 289 g/mol. The Morgan fingerprint density at radius 2 is 2.10 bits per heavy atom. The topological polar surface area (TPSA) is 54.9 Å². The molecule has 0 saturated heterocycles. The summed E-state index contributed by atoms with van der Waals surface area (Å²) in [5.74, 6) is 2.41. The number of nitrogens with one attached hydrogen (secondary N) is 2. The number of hydrogen-bond donors (Lipinski definition) is 2. The Hall–Kier alpha value is -2.17. The fourth-order valence-electron chi connectivity index (χ4n) is 1.99. The summed E-state index contributed by atoms with van der Waals surface area (Å²) in [7, 11) is 0. The summed E-state index contributed by atoms with van der Waals surface area (Å²) in [5, 5.41) is 6.37. The number of guanidine groups is 1. The lowest BCUT2D eigenvalue weighted by Crippen LogP contribution is -2.37. The molecular weight excluding hydrogens is 266 g/mol. The molecule has 0 bridgehead atoms. The van der Waals surface area contributed by atoms with Gasteiger partial charge in [-0.2, -0.15) is 0 Å². The minimum Gasteiger partial charge on any atom is -0.490 e. The Balaban J connectivity index is 2.04. The molecule has 1 aliphatic heterocycles. The fourth-order valence-corrected chi connectivity index (χ4v) is 1.99. The van der Waals surface area contributed by atoms with Crippen LogP contribution in [0.2, 0.25) is 0 Å². The van der Waals surface area contributed by atoms with Gasteiger partial charge in [-0.15, -0.1) is 6.58 Å². The number of rotatable bonds is 5. The summed E-state index contributed by atoms with van der Waals surface area (Å²) in [5.41, 5.74) is 1.09. The third kappa shape index (κ3) is 4.70. The van der Waals surface area contributed by atoms with Gasteiger partial charge in [-0.3, -0.25) is 0 Å². The maximum absolute atomic E-state index is 5.69. The number of hydrogen-bond acceptors (Lipinski definition) is 3. The first kappa shape index (κ1) is 15.2. The highest BCUT2D eigenvalue weighted by Gasteiger charge is 2.10. The first-order valence-corrected chi connectivity index (χ1v) is 7.35. The molecule has 1 aromatic rings. The van der Waals surface area contributed by atoms with Gasteiger partial charge in [-0.1, -0.05) is 12.1 Å². The summed E-state index contributed by atoms with van der Waals surface area (Å²) >= 11 is 0. The Morgan fingerprint density at radius 1 is 1.29 bits per heavy atom. The van der Waals surface area contributed by atoms with Crippen molar-refractivity contribution in [3.8, 4) is 11.5 Å². The van der Waals surface area contributed by atoms with E-state index < -0.39 is 0 Å². The van der Waals surface area contributed by atoms with E-state index in [1.54, 1.807) is 6.08 Å². The molecule has 0 radical (unpaired) electrons. The van der Waals surface area contributed by atoms with Crippen LogP contribution in [0.15, 0.2) is 35.8 Å². The molecule has 0 saturated carbocycles. The van der Waals surface area contributed by atoms with Gasteiger partial charge >= 0.3 is 0 Å². The quantitative estimate of drug-likeness (QED) is 0.495. The molecule has 0 amide bonds. The van der Waals surface area contributed by atoms with E-state index >= 15 is 0 Å². The zero-order valence-electron chi connectivity index (χ0n) is 12.5. The average molecular weight is 289 g/mol. The van der Waals surface area contributed by atoms with Crippen LogP contribution in [0.3, 0.4) is 0 Å². The van der Waals surface area contributed by atoms with Gasteiger partial charge < -0.3 is 20.1 Å². The summed E-state index contributed by atoms with van der Waals surface area (Å²) in [6.45, 7) is 9.24. The molecule has 0 aromatic heterocycles. The largest absolute Gasteiger partial charge is 0.490 e. The highest BCUT2D eigenvalue weighted by Crippen LogP contribution is 2.30. The normalized spacial score (nSPS) is 14.2.